The molecule has 7 nitrogen and oxygen atoms in total. The van der Waals surface area contributed by atoms with E-state index in [0.29, 0.717) is 27.6 Å². The molecule has 0 saturated carbocycles. The lowest BCUT2D eigenvalue weighted by molar-refractivity contribution is -0.139. The van der Waals surface area contributed by atoms with Gasteiger partial charge in [-0.1, -0.05) is 23.5 Å². The summed E-state index contributed by atoms with van der Waals surface area (Å²) >= 11 is 2.63. The Labute approximate surface area is 163 Å². The van der Waals surface area contributed by atoms with Gasteiger partial charge in [-0.15, -0.1) is 10.2 Å². The van der Waals surface area contributed by atoms with E-state index in [4.69, 9.17) is 4.74 Å². The van der Waals surface area contributed by atoms with Gasteiger partial charge in [-0.05, 0) is 37.3 Å². The fraction of sp³-hybridized carbons (Fsp3) is 0.235. The smallest absolute Gasteiger partial charge is 0.318 e. The molecule has 0 unspecified atom stereocenters. The number of benzene rings is 1. The van der Waals surface area contributed by atoms with Crippen molar-refractivity contribution in [3.63, 3.8) is 0 Å². The maximum absolute atomic E-state index is 13.3. The Hall–Kier alpha value is -2.46. The first kappa shape index (κ1) is 19.3. The van der Waals surface area contributed by atoms with Gasteiger partial charge in [0.05, 0.1) is 12.9 Å². The van der Waals surface area contributed by atoms with E-state index in [1.54, 1.807) is 42.1 Å². The molecule has 3 aromatic rings. The van der Waals surface area contributed by atoms with E-state index < -0.39 is 5.25 Å². The number of thioether (sulfide) groups is 2. The van der Waals surface area contributed by atoms with Gasteiger partial charge < -0.3 is 4.74 Å². The van der Waals surface area contributed by atoms with Crippen molar-refractivity contribution in [1.82, 2.24) is 24.7 Å². The monoisotopic (exact) mass is 405 g/mol. The van der Waals surface area contributed by atoms with Crippen molar-refractivity contribution in [2.75, 3.05) is 7.11 Å². The van der Waals surface area contributed by atoms with Crippen LogP contribution in [0.3, 0.4) is 0 Å². The van der Waals surface area contributed by atoms with E-state index >= 15 is 0 Å². The average molecular weight is 405 g/mol. The molecule has 0 radical (unpaired) electrons. The number of ether oxygens (including phenoxy) is 1. The van der Waals surface area contributed by atoms with Crippen LogP contribution in [0.5, 0.6) is 0 Å². The summed E-state index contributed by atoms with van der Waals surface area (Å²) in [5.74, 6) is 0.403. The van der Waals surface area contributed by atoms with E-state index in [2.05, 4.69) is 20.2 Å². The average Bonchev–Trinajstić information content (AvgIpc) is 3.09. The van der Waals surface area contributed by atoms with Crippen LogP contribution < -0.4 is 0 Å². The number of carbonyl (C=O) groups excluding carboxylic acids is 1. The Kier molecular flexibility index (Phi) is 6.40. The van der Waals surface area contributed by atoms with Gasteiger partial charge in [-0.2, -0.15) is 0 Å². The van der Waals surface area contributed by atoms with Crippen LogP contribution in [0.2, 0.25) is 0 Å². The summed E-state index contributed by atoms with van der Waals surface area (Å²) < 4.78 is 19.9. The highest BCUT2D eigenvalue weighted by atomic mass is 32.2. The van der Waals surface area contributed by atoms with Gasteiger partial charge >= 0.3 is 5.97 Å². The Balaban J connectivity index is 1.90. The van der Waals surface area contributed by atoms with Crippen molar-refractivity contribution < 1.29 is 13.9 Å². The van der Waals surface area contributed by atoms with Crippen LogP contribution in [0.25, 0.3) is 5.69 Å². The molecule has 0 saturated heterocycles. The van der Waals surface area contributed by atoms with Crippen molar-refractivity contribution in [2.45, 2.75) is 28.2 Å². The molecule has 0 N–H and O–H groups in total. The van der Waals surface area contributed by atoms with Crippen LogP contribution in [0.15, 0.2) is 53.0 Å². The lowest BCUT2D eigenvalue weighted by atomic mass is 10.3. The molecule has 140 valence electrons. The van der Waals surface area contributed by atoms with Gasteiger partial charge in [0.25, 0.3) is 0 Å². The number of aromatic nitrogens is 5. The van der Waals surface area contributed by atoms with Crippen LogP contribution in [0.4, 0.5) is 4.39 Å². The normalized spacial score (nSPS) is 12.0. The fourth-order valence-electron chi connectivity index (χ4n) is 2.18. The predicted molar refractivity (Wildman–Crippen MR) is 100 cm³/mol. The number of hydrogen-bond acceptors (Lipinski definition) is 8. The van der Waals surface area contributed by atoms with Crippen LogP contribution >= 0.6 is 23.5 Å². The molecule has 0 aliphatic rings. The van der Waals surface area contributed by atoms with Crippen molar-refractivity contribution in [3.8, 4) is 5.69 Å². The molecule has 0 amide bonds. The van der Waals surface area contributed by atoms with Crippen LogP contribution in [0, 0.1) is 5.82 Å². The third-order valence-electron chi connectivity index (χ3n) is 3.47. The Morgan fingerprint density at radius 3 is 2.59 bits per heavy atom. The largest absolute Gasteiger partial charge is 0.468 e. The second-order valence-corrected chi connectivity index (χ2v) is 7.56. The van der Waals surface area contributed by atoms with E-state index in [9.17, 15) is 9.18 Å². The Bertz CT molecular complexity index is 905. The molecule has 27 heavy (non-hydrogen) atoms. The number of methoxy groups -OCH3 is 1. The van der Waals surface area contributed by atoms with Crippen LogP contribution in [-0.4, -0.2) is 43.1 Å². The summed E-state index contributed by atoms with van der Waals surface area (Å²) in [4.78, 5) is 20.1. The van der Waals surface area contributed by atoms with Crippen molar-refractivity contribution in [1.29, 1.82) is 0 Å². The standard InChI is InChI=1S/C17H16FN5O2S2/c1-11(15(24)25-2)27-17-22-21-14(10-26-16-19-8-3-9-20-16)23(17)13-6-4-12(18)5-7-13/h3-9,11H,10H2,1-2H3/t11-/m1/s1. The zero-order chi connectivity index (χ0) is 19.2. The lowest BCUT2D eigenvalue weighted by Crippen LogP contribution is -2.15. The van der Waals surface area contributed by atoms with Crippen LogP contribution in [-0.2, 0) is 15.3 Å². The van der Waals surface area contributed by atoms with Gasteiger partial charge in [0.1, 0.15) is 16.9 Å². The maximum Gasteiger partial charge on any atom is 0.318 e. The number of halogens is 1. The number of nitrogens with zero attached hydrogens (tertiary/aromatic N) is 5. The summed E-state index contributed by atoms with van der Waals surface area (Å²) in [5, 5.41) is 9.11. The number of esters is 1. The van der Waals surface area contributed by atoms with Gasteiger partial charge in [0.2, 0.25) is 0 Å². The SMILES string of the molecule is COC(=O)[C@@H](C)Sc1nnc(CSc2ncccn2)n1-c1ccc(F)cc1. The first-order chi connectivity index (χ1) is 13.1. The third kappa shape index (κ3) is 4.83. The van der Waals surface area contributed by atoms with E-state index in [0.717, 1.165) is 0 Å². The summed E-state index contributed by atoms with van der Waals surface area (Å²) in [6.45, 7) is 1.73. The molecule has 0 fully saturated rings. The van der Waals surface area contributed by atoms with Gasteiger partial charge in [0.15, 0.2) is 10.3 Å². The molecule has 10 heteroatoms. The highest BCUT2D eigenvalue weighted by Crippen LogP contribution is 2.28. The molecule has 1 atom stereocenters. The summed E-state index contributed by atoms with van der Waals surface area (Å²) in [6, 6.07) is 7.75. The summed E-state index contributed by atoms with van der Waals surface area (Å²) in [7, 11) is 1.34. The second-order valence-electron chi connectivity index (χ2n) is 5.31. The van der Waals surface area contributed by atoms with Crippen molar-refractivity contribution in [3.05, 3.63) is 54.4 Å². The van der Waals surface area contributed by atoms with E-state index in [1.165, 1.54) is 42.8 Å². The molecule has 2 heterocycles. The Morgan fingerprint density at radius 2 is 1.93 bits per heavy atom. The molecule has 0 spiro atoms. The number of hydrogen-bond donors (Lipinski definition) is 0. The van der Waals surface area contributed by atoms with Gasteiger partial charge in [-0.3, -0.25) is 9.36 Å². The first-order valence-corrected chi connectivity index (χ1v) is 9.79. The number of rotatable bonds is 7. The van der Waals surface area contributed by atoms with Crippen molar-refractivity contribution in [2.24, 2.45) is 0 Å². The minimum atomic E-state index is -0.462. The molecule has 3 rings (SSSR count). The molecule has 0 bridgehead atoms. The highest BCUT2D eigenvalue weighted by Gasteiger charge is 2.21. The summed E-state index contributed by atoms with van der Waals surface area (Å²) in [5.41, 5.74) is 0.700. The summed E-state index contributed by atoms with van der Waals surface area (Å²) in [6.07, 6.45) is 3.33. The quantitative estimate of drug-likeness (QED) is 0.337. The molecular weight excluding hydrogens is 389 g/mol. The van der Waals surface area contributed by atoms with Crippen molar-refractivity contribution >= 4 is 29.5 Å². The predicted octanol–water partition coefficient (Wildman–Crippen LogP) is 3.14. The maximum atomic E-state index is 13.3. The first-order valence-electron chi connectivity index (χ1n) is 7.93. The van der Waals surface area contributed by atoms with Crippen LogP contribution in [0.1, 0.15) is 12.7 Å². The Morgan fingerprint density at radius 1 is 1.22 bits per heavy atom. The third-order valence-corrected chi connectivity index (χ3v) is 5.37. The number of carbonyl (C=O) groups is 1. The fourth-order valence-corrected chi connectivity index (χ4v) is 3.81. The highest BCUT2D eigenvalue weighted by molar-refractivity contribution is 8.00. The molecule has 0 aliphatic heterocycles. The minimum absolute atomic E-state index is 0.336. The molecule has 2 aromatic heterocycles. The molecular formula is C17H16FN5O2S2. The topological polar surface area (TPSA) is 82.8 Å². The van der Waals surface area contributed by atoms with E-state index in [1.807, 2.05) is 0 Å². The molecule has 0 aliphatic carbocycles. The minimum Gasteiger partial charge on any atom is -0.468 e. The van der Waals surface area contributed by atoms with Gasteiger partial charge in [-0.25, -0.2) is 14.4 Å². The molecule has 1 aromatic carbocycles. The zero-order valence-electron chi connectivity index (χ0n) is 14.6. The van der Waals surface area contributed by atoms with Gasteiger partial charge in [0, 0.05) is 18.1 Å². The second kappa shape index (κ2) is 8.96. The zero-order valence-corrected chi connectivity index (χ0v) is 16.2. The van der Waals surface area contributed by atoms with E-state index in [-0.39, 0.29) is 11.8 Å². The lowest BCUT2D eigenvalue weighted by Gasteiger charge is -2.12.